The second-order valence-corrected chi connectivity index (χ2v) is 6.13. The lowest BCUT2D eigenvalue weighted by molar-refractivity contribution is 0.112. The van der Waals surface area contributed by atoms with Crippen molar-refractivity contribution in [2.24, 2.45) is 0 Å². The van der Waals surface area contributed by atoms with Gasteiger partial charge in [-0.2, -0.15) is 0 Å². The van der Waals surface area contributed by atoms with Crippen molar-refractivity contribution in [1.82, 2.24) is 0 Å². The van der Waals surface area contributed by atoms with Gasteiger partial charge in [0.1, 0.15) is 24.4 Å². The third kappa shape index (κ3) is 3.83. The van der Waals surface area contributed by atoms with Crippen LogP contribution in [-0.2, 0) is 6.61 Å². The highest BCUT2D eigenvalue weighted by Gasteiger charge is 2.11. The minimum Gasteiger partial charge on any atom is -0.508 e. The Balaban J connectivity index is 1.84. The number of aromatic hydroxyl groups is 1. The maximum absolute atomic E-state index is 10.7. The molecular formula is C21H17ClO3. The van der Waals surface area contributed by atoms with Crippen molar-refractivity contribution in [3.8, 4) is 22.6 Å². The highest BCUT2D eigenvalue weighted by atomic mass is 35.5. The van der Waals surface area contributed by atoms with Crippen LogP contribution in [0.3, 0.4) is 0 Å². The third-order valence-corrected chi connectivity index (χ3v) is 4.44. The van der Waals surface area contributed by atoms with Gasteiger partial charge in [-0.05, 0) is 54.4 Å². The summed E-state index contributed by atoms with van der Waals surface area (Å²) in [7, 11) is 0. The van der Waals surface area contributed by atoms with Gasteiger partial charge in [0.15, 0.2) is 0 Å². The number of hydrogen-bond donors (Lipinski definition) is 1. The van der Waals surface area contributed by atoms with Gasteiger partial charge in [-0.1, -0.05) is 35.9 Å². The fraction of sp³-hybridized carbons (Fsp3) is 0.0952. The number of aryl methyl sites for hydroxylation is 1. The summed E-state index contributed by atoms with van der Waals surface area (Å²) in [6.45, 7) is 2.26. The molecule has 3 aromatic rings. The Morgan fingerprint density at radius 1 is 1.04 bits per heavy atom. The molecule has 126 valence electrons. The molecule has 3 rings (SSSR count). The fourth-order valence-electron chi connectivity index (χ4n) is 2.65. The molecule has 0 aliphatic heterocycles. The first-order valence-electron chi connectivity index (χ1n) is 7.84. The number of hydrogen-bond acceptors (Lipinski definition) is 3. The summed E-state index contributed by atoms with van der Waals surface area (Å²) >= 11 is 6.58. The van der Waals surface area contributed by atoms with Crippen molar-refractivity contribution in [3.05, 3.63) is 82.4 Å². The molecule has 0 atom stereocenters. The zero-order valence-corrected chi connectivity index (χ0v) is 14.5. The van der Waals surface area contributed by atoms with Crippen LogP contribution in [0.5, 0.6) is 11.5 Å². The zero-order valence-electron chi connectivity index (χ0n) is 13.7. The van der Waals surface area contributed by atoms with Crippen molar-refractivity contribution in [1.29, 1.82) is 0 Å². The zero-order chi connectivity index (χ0) is 17.8. The van der Waals surface area contributed by atoms with Gasteiger partial charge < -0.3 is 9.84 Å². The molecule has 3 aromatic carbocycles. The first-order valence-corrected chi connectivity index (χ1v) is 8.21. The van der Waals surface area contributed by atoms with Gasteiger partial charge in [0.05, 0.1) is 5.02 Å². The van der Waals surface area contributed by atoms with E-state index in [1.54, 1.807) is 36.4 Å². The van der Waals surface area contributed by atoms with Gasteiger partial charge in [-0.25, -0.2) is 0 Å². The van der Waals surface area contributed by atoms with Crippen LogP contribution >= 0.6 is 11.6 Å². The second kappa shape index (κ2) is 7.41. The Kier molecular flexibility index (Phi) is 5.05. The predicted molar refractivity (Wildman–Crippen MR) is 99.5 cm³/mol. The summed E-state index contributed by atoms with van der Waals surface area (Å²) in [4.78, 5) is 10.7. The van der Waals surface area contributed by atoms with E-state index in [0.29, 0.717) is 22.9 Å². The molecule has 0 saturated carbocycles. The Morgan fingerprint density at radius 3 is 2.48 bits per heavy atom. The van der Waals surface area contributed by atoms with E-state index in [1.165, 1.54) is 0 Å². The van der Waals surface area contributed by atoms with Crippen molar-refractivity contribution in [3.63, 3.8) is 0 Å². The van der Waals surface area contributed by atoms with Crippen LogP contribution in [0.4, 0.5) is 0 Å². The van der Waals surface area contributed by atoms with E-state index >= 15 is 0 Å². The number of phenolic OH excluding ortho intramolecular Hbond substituents is 1. The van der Waals surface area contributed by atoms with Gasteiger partial charge in [-0.3, -0.25) is 4.79 Å². The van der Waals surface area contributed by atoms with Crippen LogP contribution in [0.25, 0.3) is 11.1 Å². The smallest absolute Gasteiger partial charge is 0.150 e. The molecule has 0 amide bonds. The average Bonchev–Trinajstić information content (AvgIpc) is 2.62. The molecule has 0 saturated heterocycles. The number of aldehydes is 1. The first kappa shape index (κ1) is 17.1. The third-order valence-electron chi connectivity index (χ3n) is 3.99. The standard InChI is InChI=1S/C21H17ClO3/c1-14-11-17(24)7-10-19(14)20-4-2-3-16(21(20)22)13-25-18-8-5-15(12-23)6-9-18/h2-12,24H,13H2,1H3. The Labute approximate surface area is 151 Å². The molecule has 1 N–H and O–H groups in total. The predicted octanol–water partition coefficient (Wildman–Crippen LogP) is 5.41. The van der Waals surface area contributed by atoms with E-state index in [9.17, 15) is 9.90 Å². The Bertz CT molecular complexity index is 902. The topological polar surface area (TPSA) is 46.5 Å². The fourth-order valence-corrected chi connectivity index (χ4v) is 2.94. The quantitative estimate of drug-likeness (QED) is 0.624. The second-order valence-electron chi connectivity index (χ2n) is 5.75. The SMILES string of the molecule is Cc1cc(O)ccc1-c1cccc(COc2ccc(C=O)cc2)c1Cl. The maximum atomic E-state index is 10.7. The molecule has 0 aliphatic carbocycles. The lowest BCUT2D eigenvalue weighted by Gasteiger charge is -2.13. The van der Waals surface area contributed by atoms with Gasteiger partial charge in [0.2, 0.25) is 0 Å². The van der Waals surface area contributed by atoms with E-state index in [1.807, 2.05) is 31.2 Å². The minimum absolute atomic E-state index is 0.232. The van der Waals surface area contributed by atoms with Crippen LogP contribution in [0.2, 0.25) is 5.02 Å². The van der Waals surface area contributed by atoms with Gasteiger partial charge >= 0.3 is 0 Å². The molecule has 0 unspecified atom stereocenters. The van der Waals surface area contributed by atoms with Crippen LogP contribution in [0, 0.1) is 6.92 Å². The summed E-state index contributed by atoms with van der Waals surface area (Å²) in [5.74, 6) is 0.906. The molecule has 25 heavy (non-hydrogen) atoms. The van der Waals surface area contributed by atoms with Crippen molar-refractivity contribution in [2.45, 2.75) is 13.5 Å². The molecule has 4 heteroatoms. The molecule has 0 heterocycles. The summed E-state index contributed by atoms with van der Waals surface area (Å²) < 4.78 is 5.77. The van der Waals surface area contributed by atoms with Crippen molar-refractivity contribution >= 4 is 17.9 Å². The van der Waals surface area contributed by atoms with Gasteiger partial charge in [0.25, 0.3) is 0 Å². The lowest BCUT2D eigenvalue weighted by atomic mass is 9.98. The molecular weight excluding hydrogens is 336 g/mol. The summed E-state index contributed by atoms with van der Waals surface area (Å²) in [5.41, 5.74) is 4.29. The molecule has 0 spiro atoms. The van der Waals surface area contributed by atoms with Crippen LogP contribution in [-0.4, -0.2) is 11.4 Å². The number of phenols is 1. The number of carbonyl (C=O) groups is 1. The van der Waals surface area contributed by atoms with Gasteiger partial charge in [0, 0.05) is 16.7 Å². The number of carbonyl (C=O) groups excluding carboxylic acids is 1. The van der Waals surface area contributed by atoms with Crippen molar-refractivity contribution in [2.75, 3.05) is 0 Å². The number of benzene rings is 3. The van der Waals surface area contributed by atoms with Gasteiger partial charge in [-0.15, -0.1) is 0 Å². The molecule has 0 bridgehead atoms. The number of halogens is 1. The highest BCUT2D eigenvalue weighted by Crippen LogP contribution is 2.34. The monoisotopic (exact) mass is 352 g/mol. The van der Waals surface area contributed by atoms with Crippen molar-refractivity contribution < 1.29 is 14.6 Å². The number of rotatable bonds is 5. The molecule has 0 aliphatic rings. The van der Waals surface area contributed by atoms with Crippen LogP contribution in [0.1, 0.15) is 21.5 Å². The largest absolute Gasteiger partial charge is 0.508 e. The van der Waals surface area contributed by atoms with E-state index in [-0.39, 0.29) is 5.75 Å². The Hall–Kier alpha value is -2.78. The minimum atomic E-state index is 0.232. The average molecular weight is 353 g/mol. The van der Waals surface area contributed by atoms with E-state index in [0.717, 1.165) is 28.5 Å². The molecule has 3 nitrogen and oxygen atoms in total. The molecule has 0 aromatic heterocycles. The normalized spacial score (nSPS) is 10.5. The summed E-state index contributed by atoms with van der Waals surface area (Å²) in [5, 5.41) is 10.2. The maximum Gasteiger partial charge on any atom is 0.150 e. The van der Waals surface area contributed by atoms with Crippen LogP contribution < -0.4 is 4.74 Å². The summed E-state index contributed by atoms with van der Waals surface area (Å²) in [6.07, 6.45) is 0.796. The highest BCUT2D eigenvalue weighted by molar-refractivity contribution is 6.34. The molecule has 0 fully saturated rings. The number of ether oxygens (including phenoxy) is 1. The Morgan fingerprint density at radius 2 is 1.80 bits per heavy atom. The van der Waals surface area contributed by atoms with E-state index in [4.69, 9.17) is 16.3 Å². The van der Waals surface area contributed by atoms with Crippen LogP contribution in [0.15, 0.2) is 60.7 Å². The van der Waals surface area contributed by atoms with E-state index < -0.39 is 0 Å². The first-order chi connectivity index (χ1) is 12.1. The molecule has 0 radical (unpaired) electrons. The van der Waals surface area contributed by atoms with E-state index in [2.05, 4.69) is 0 Å². The lowest BCUT2D eigenvalue weighted by Crippen LogP contribution is -1.98. The summed E-state index contributed by atoms with van der Waals surface area (Å²) in [6, 6.07) is 17.9.